The van der Waals surface area contributed by atoms with Crippen LogP contribution in [-0.2, 0) is 0 Å². The van der Waals surface area contributed by atoms with Gasteiger partial charge in [0.25, 0.3) is 11.4 Å². The molecule has 0 radical (unpaired) electrons. The van der Waals surface area contributed by atoms with E-state index in [-0.39, 0.29) is 11.3 Å². The van der Waals surface area contributed by atoms with E-state index in [2.05, 4.69) is 0 Å². The highest BCUT2D eigenvalue weighted by Crippen LogP contribution is 2.28. The summed E-state index contributed by atoms with van der Waals surface area (Å²) >= 11 is 0. The molecule has 0 spiro atoms. The first-order valence-electron chi connectivity index (χ1n) is 8.58. The van der Waals surface area contributed by atoms with Crippen LogP contribution in [0, 0.1) is 34.1 Å². The Kier molecular flexibility index (Phi) is 5.36. The van der Waals surface area contributed by atoms with E-state index < -0.39 is 27.2 Å². The van der Waals surface area contributed by atoms with Gasteiger partial charge in [0.05, 0.1) is 21.5 Å². The molecular formula is C21H16N2O6. The molecule has 8 heteroatoms. The fraction of sp³-hybridized carbons (Fsp3) is 0.0952. The predicted octanol–water partition coefficient (Wildman–Crippen LogP) is 5.01. The Morgan fingerprint density at radius 2 is 1.45 bits per heavy atom. The molecule has 0 heterocycles. The number of carbonyl (C=O) groups is 1. The topological polar surface area (TPSA) is 113 Å². The molecule has 0 saturated carbocycles. The van der Waals surface area contributed by atoms with Crippen molar-refractivity contribution in [1.82, 2.24) is 0 Å². The van der Waals surface area contributed by atoms with Crippen LogP contribution < -0.4 is 4.74 Å². The van der Waals surface area contributed by atoms with E-state index in [4.69, 9.17) is 4.74 Å². The number of aryl methyl sites for hydroxylation is 2. The maximum Gasteiger partial charge on any atom is 0.344 e. The molecule has 3 aromatic rings. The number of non-ortho nitro benzene ring substituents is 2. The predicted molar refractivity (Wildman–Crippen MR) is 106 cm³/mol. The molecule has 3 aromatic carbocycles. The summed E-state index contributed by atoms with van der Waals surface area (Å²) in [4.78, 5) is 32.8. The number of benzene rings is 3. The second kappa shape index (κ2) is 7.89. The molecule has 0 amide bonds. The van der Waals surface area contributed by atoms with E-state index in [1.165, 1.54) is 0 Å². The van der Waals surface area contributed by atoms with Crippen LogP contribution in [-0.4, -0.2) is 15.8 Å². The molecule has 0 unspecified atom stereocenters. The highest BCUT2D eigenvalue weighted by atomic mass is 16.6. The van der Waals surface area contributed by atoms with Crippen LogP contribution in [0.1, 0.15) is 21.5 Å². The van der Waals surface area contributed by atoms with E-state index in [0.29, 0.717) is 5.56 Å². The first-order chi connectivity index (χ1) is 13.7. The van der Waals surface area contributed by atoms with Crippen molar-refractivity contribution >= 4 is 17.3 Å². The van der Waals surface area contributed by atoms with Gasteiger partial charge in [-0.25, -0.2) is 4.79 Å². The third kappa shape index (κ3) is 4.44. The molecule has 8 nitrogen and oxygen atoms in total. The van der Waals surface area contributed by atoms with Crippen molar-refractivity contribution in [2.24, 2.45) is 0 Å². The maximum absolute atomic E-state index is 12.4. The Morgan fingerprint density at radius 3 is 2.00 bits per heavy atom. The normalized spacial score (nSPS) is 10.4. The molecule has 0 saturated heterocycles. The van der Waals surface area contributed by atoms with Crippen molar-refractivity contribution < 1.29 is 19.4 Å². The van der Waals surface area contributed by atoms with Crippen molar-refractivity contribution in [2.75, 3.05) is 0 Å². The second-order valence-corrected chi connectivity index (χ2v) is 6.49. The number of nitrogens with zero attached hydrogens (tertiary/aromatic N) is 2. The zero-order valence-corrected chi connectivity index (χ0v) is 15.6. The Morgan fingerprint density at radius 1 is 0.828 bits per heavy atom. The van der Waals surface area contributed by atoms with Gasteiger partial charge in [-0.2, -0.15) is 0 Å². The zero-order chi connectivity index (χ0) is 21.1. The first-order valence-corrected chi connectivity index (χ1v) is 8.58. The summed E-state index contributed by atoms with van der Waals surface area (Å²) in [5, 5.41) is 22.0. The highest BCUT2D eigenvalue weighted by molar-refractivity contribution is 5.93. The molecule has 0 aliphatic rings. The minimum absolute atomic E-state index is 0.264. The van der Waals surface area contributed by atoms with Crippen molar-refractivity contribution in [3.63, 3.8) is 0 Å². The third-order valence-corrected chi connectivity index (χ3v) is 4.29. The standard InChI is InChI=1S/C21H16N2O6/c1-13-4-3-5-15(8-13)16-6-7-20(14(2)9-16)29-21(24)17-10-18(22(25)26)12-19(11-17)23(27)28/h3-12H,1-2H3. The molecule has 3 rings (SSSR count). The molecule has 0 N–H and O–H groups in total. The lowest BCUT2D eigenvalue weighted by Crippen LogP contribution is -2.10. The van der Waals surface area contributed by atoms with Crippen LogP contribution in [0.25, 0.3) is 11.1 Å². The van der Waals surface area contributed by atoms with E-state index in [1.807, 2.05) is 37.3 Å². The number of rotatable bonds is 5. The smallest absolute Gasteiger partial charge is 0.344 e. The van der Waals surface area contributed by atoms with E-state index in [9.17, 15) is 25.0 Å². The lowest BCUT2D eigenvalue weighted by Gasteiger charge is -2.10. The monoisotopic (exact) mass is 392 g/mol. The molecule has 0 bridgehead atoms. The lowest BCUT2D eigenvalue weighted by molar-refractivity contribution is -0.394. The summed E-state index contributed by atoms with van der Waals surface area (Å²) in [5.41, 5.74) is 2.36. The van der Waals surface area contributed by atoms with Crippen LogP contribution in [0.4, 0.5) is 11.4 Å². The van der Waals surface area contributed by atoms with Gasteiger partial charge in [-0.05, 0) is 42.7 Å². The number of hydrogen-bond acceptors (Lipinski definition) is 6. The molecule has 0 aliphatic carbocycles. The Bertz CT molecular complexity index is 1110. The summed E-state index contributed by atoms with van der Waals surface area (Å²) in [6.07, 6.45) is 0. The molecule has 0 atom stereocenters. The van der Waals surface area contributed by atoms with E-state index >= 15 is 0 Å². The zero-order valence-electron chi connectivity index (χ0n) is 15.6. The van der Waals surface area contributed by atoms with Crippen LogP contribution >= 0.6 is 0 Å². The number of hydrogen-bond donors (Lipinski definition) is 0. The van der Waals surface area contributed by atoms with E-state index in [1.54, 1.807) is 19.1 Å². The van der Waals surface area contributed by atoms with Crippen LogP contribution in [0.3, 0.4) is 0 Å². The SMILES string of the molecule is Cc1cccc(-c2ccc(OC(=O)c3cc([N+](=O)[O-])cc([N+](=O)[O-])c3)c(C)c2)c1. The minimum Gasteiger partial charge on any atom is -0.423 e. The largest absolute Gasteiger partial charge is 0.423 e. The van der Waals surface area contributed by atoms with Gasteiger partial charge in [-0.15, -0.1) is 0 Å². The number of carbonyl (C=O) groups excluding carboxylic acids is 1. The number of esters is 1. The highest BCUT2D eigenvalue weighted by Gasteiger charge is 2.21. The summed E-state index contributed by atoms with van der Waals surface area (Å²) in [7, 11) is 0. The van der Waals surface area contributed by atoms with Gasteiger partial charge in [0, 0.05) is 12.1 Å². The van der Waals surface area contributed by atoms with Gasteiger partial charge in [0.2, 0.25) is 0 Å². The van der Waals surface area contributed by atoms with Crippen LogP contribution in [0.2, 0.25) is 0 Å². The number of ether oxygens (including phenoxy) is 1. The third-order valence-electron chi connectivity index (χ3n) is 4.29. The molecule has 0 aromatic heterocycles. The molecule has 0 fully saturated rings. The second-order valence-electron chi connectivity index (χ2n) is 6.49. The molecule has 146 valence electrons. The minimum atomic E-state index is -0.914. The van der Waals surface area contributed by atoms with Crippen molar-refractivity contribution in [3.05, 3.63) is 97.6 Å². The Balaban J connectivity index is 1.89. The van der Waals surface area contributed by atoms with Gasteiger partial charge >= 0.3 is 5.97 Å². The summed E-state index contributed by atoms with van der Waals surface area (Å²) in [6.45, 7) is 3.75. The van der Waals surface area contributed by atoms with Crippen LogP contribution in [0.15, 0.2) is 60.7 Å². The molecule has 29 heavy (non-hydrogen) atoms. The molecular weight excluding hydrogens is 376 g/mol. The maximum atomic E-state index is 12.4. The van der Waals surface area contributed by atoms with Gasteiger partial charge < -0.3 is 4.74 Å². The average molecular weight is 392 g/mol. The van der Waals surface area contributed by atoms with Gasteiger partial charge in [-0.3, -0.25) is 20.2 Å². The fourth-order valence-corrected chi connectivity index (χ4v) is 2.85. The Labute approximate surface area is 165 Å². The van der Waals surface area contributed by atoms with E-state index in [0.717, 1.165) is 34.9 Å². The molecule has 0 aliphatic heterocycles. The first kappa shape index (κ1) is 19.7. The number of nitro benzene ring substituents is 2. The Hall–Kier alpha value is -4.07. The van der Waals surface area contributed by atoms with Gasteiger partial charge in [0.1, 0.15) is 5.75 Å². The van der Waals surface area contributed by atoms with Crippen molar-refractivity contribution in [2.45, 2.75) is 13.8 Å². The van der Waals surface area contributed by atoms with Gasteiger partial charge in [0.15, 0.2) is 0 Å². The quantitative estimate of drug-likeness (QED) is 0.261. The average Bonchev–Trinajstić information content (AvgIpc) is 2.69. The summed E-state index contributed by atoms with van der Waals surface area (Å²) < 4.78 is 5.33. The van der Waals surface area contributed by atoms with Crippen molar-refractivity contribution in [1.29, 1.82) is 0 Å². The fourth-order valence-electron chi connectivity index (χ4n) is 2.85. The van der Waals surface area contributed by atoms with Crippen molar-refractivity contribution in [3.8, 4) is 16.9 Å². The summed E-state index contributed by atoms with van der Waals surface area (Å²) in [5.74, 6) is -0.649. The van der Waals surface area contributed by atoms with Crippen LogP contribution in [0.5, 0.6) is 5.75 Å². The number of nitro groups is 2. The summed E-state index contributed by atoms with van der Waals surface area (Å²) in [6, 6.07) is 15.9. The lowest BCUT2D eigenvalue weighted by atomic mass is 10.0. The van der Waals surface area contributed by atoms with Gasteiger partial charge in [-0.1, -0.05) is 35.9 Å².